The fraction of sp³-hybridized carbons (Fsp3) is 0.533. The van der Waals surface area contributed by atoms with Crippen LogP contribution < -0.4 is 14.5 Å². The number of ether oxygens (including phenoxy) is 1. The number of alkyl halides is 3. The number of likely N-dealkylation sites (N-methyl/N-ethyl adjacent to an activating group) is 1. The maximum absolute atomic E-state index is 14.4. The molecular weight excluding hydrogens is 566 g/mol. The third-order valence-corrected chi connectivity index (χ3v) is 8.85. The van der Waals surface area contributed by atoms with E-state index in [0.717, 1.165) is 31.0 Å². The Labute approximate surface area is 248 Å². The maximum atomic E-state index is 14.4. The number of carbonyl (C=O) groups is 1. The van der Waals surface area contributed by atoms with Gasteiger partial charge in [-0.25, -0.2) is 4.39 Å². The lowest BCUT2D eigenvalue weighted by atomic mass is 10.0. The van der Waals surface area contributed by atoms with Crippen LogP contribution >= 0.6 is 0 Å². The summed E-state index contributed by atoms with van der Waals surface area (Å²) in [6.45, 7) is 8.24. The molecule has 1 aromatic carbocycles. The average molecular weight is 602 g/mol. The van der Waals surface area contributed by atoms with Gasteiger partial charge in [0.15, 0.2) is 0 Å². The Balaban J connectivity index is 1.50. The van der Waals surface area contributed by atoms with E-state index in [1.54, 1.807) is 4.90 Å². The minimum atomic E-state index is -4.87. The molecule has 230 valence electrons. The van der Waals surface area contributed by atoms with Crippen molar-refractivity contribution in [2.24, 2.45) is 0 Å². The average Bonchev–Trinajstić information content (AvgIpc) is 3.31. The molecular formula is C30H35F4N7O2. The van der Waals surface area contributed by atoms with E-state index >= 15 is 0 Å². The normalized spacial score (nSPS) is 22.7. The van der Waals surface area contributed by atoms with Crippen LogP contribution in [0.5, 0.6) is 6.01 Å². The first-order valence-corrected chi connectivity index (χ1v) is 14.3. The number of fused-ring (bicyclic) bond motifs is 1. The van der Waals surface area contributed by atoms with Crippen LogP contribution in [0.1, 0.15) is 43.0 Å². The van der Waals surface area contributed by atoms with Gasteiger partial charge in [-0.15, -0.1) is 0 Å². The van der Waals surface area contributed by atoms with E-state index in [2.05, 4.69) is 29.5 Å². The van der Waals surface area contributed by atoms with Gasteiger partial charge in [0.25, 0.3) is 0 Å². The van der Waals surface area contributed by atoms with Crippen LogP contribution in [-0.2, 0) is 23.9 Å². The minimum Gasteiger partial charge on any atom is -0.461 e. The van der Waals surface area contributed by atoms with Crippen molar-refractivity contribution < 1.29 is 27.1 Å². The van der Waals surface area contributed by atoms with Gasteiger partial charge >= 0.3 is 12.2 Å². The molecule has 2 saturated heterocycles. The van der Waals surface area contributed by atoms with Gasteiger partial charge in [0, 0.05) is 31.7 Å². The molecule has 0 aliphatic carbocycles. The highest BCUT2D eigenvalue weighted by molar-refractivity contribution is 5.87. The number of piperazine rings is 1. The zero-order valence-electron chi connectivity index (χ0n) is 24.3. The maximum Gasteiger partial charge on any atom is 0.421 e. The quantitative estimate of drug-likeness (QED) is 0.345. The molecule has 0 spiro atoms. The summed E-state index contributed by atoms with van der Waals surface area (Å²) in [7, 11) is 2.03. The van der Waals surface area contributed by atoms with Crippen LogP contribution in [0.4, 0.5) is 29.1 Å². The van der Waals surface area contributed by atoms with Crippen molar-refractivity contribution in [2.45, 2.75) is 56.9 Å². The molecule has 9 nitrogen and oxygen atoms in total. The van der Waals surface area contributed by atoms with Crippen molar-refractivity contribution in [3.8, 4) is 12.1 Å². The Morgan fingerprint density at radius 2 is 2.02 bits per heavy atom. The fourth-order valence-electron chi connectivity index (χ4n) is 6.27. The van der Waals surface area contributed by atoms with Crippen LogP contribution in [-0.4, -0.2) is 83.6 Å². The van der Waals surface area contributed by atoms with Gasteiger partial charge in [0.2, 0.25) is 5.91 Å². The monoisotopic (exact) mass is 601 g/mol. The second-order valence-corrected chi connectivity index (χ2v) is 11.6. The highest BCUT2D eigenvalue weighted by atomic mass is 19.4. The van der Waals surface area contributed by atoms with Crippen LogP contribution in [0.25, 0.3) is 0 Å². The van der Waals surface area contributed by atoms with Crippen LogP contribution in [0.3, 0.4) is 0 Å². The Hall–Kier alpha value is -3.92. The predicted octanol–water partition coefficient (Wildman–Crippen LogP) is 4.18. The number of carbonyl (C=O) groups excluding carboxylic acids is 1. The summed E-state index contributed by atoms with van der Waals surface area (Å²) >= 11 is 0. The summed E-state index contributed by atoms with van der Waals surface area (Å²) in [5.74, 6) is -1.00. The number of halogens is 4. The standard InChI is InChI=1S/C30H35F4N7O2/c1-4-25(42)41-16-15-40(17-20(41)9-12-35)27-21-10-14-39(24-8-5-7-22(31)26(24)30(32,33)34)18-23(21)36-28(37-27)43-19-29(2)11-6-13-38(29)3/h4-5,7-8,20H,1,6,9-11,13-19H2,2-3H3. The highest BCUT2D eigenvalue weighted by Crippen LogP contribution is 2.41. The van der Waals surface area contributed by atoms with Crippen molar-refractivity contribution in [2.75, 3.05) is 56.2 Å². The van der Waals surface area contributed by atoms with Gasteiger partial charge in [0.1, 0.15) is 23.8 Å². The number of hydrogen-bond donors (Lipinski definition) is 0. The summed E-state index contributed by atoms with van der Waals surface area (Å²) in [6.07, 6.45) is -1.24. The number of anilines is 2. The van der Waals surface area contributed by atoms with Gasteiger partial charge < -0.3 is 19.4 Å². The molecule has 1 aromatic heterocycles. The lowest BCUT2D eigenvalue weighted by Crippen LogP contribution is -2.55. The lowest BCUT2D eigenvalue weighted by Gasteiger charge is -2.42. The second-order valence-electron chi connectivity index (χ2n) is 11.6. The third-order valence-electron chi connectivity index (χ3n) is 8.85. The number of hydrogen-bond acceptors (Lipinski definition) is 8. The fourth-order valence-corrected chi connectivity index (χ4v) is 6.27. The highest BCUT2D eigenvalue weighted by Gasteiger charge is 2.40. The molecule has 43 heavy (non-hydrogen) atoms. The van der Waals surface area contributed by atoms with Crippen LogP contribution in [0.2, 0.25) is 0 Å². The van der Waals surface area contributed by atoms with Gasteiger partial charge in [-0.05, 0) is 58.0 Å². The Kier molecular flexibility index (Phi) is 8.51. The number of benzene rings is 1. The van der Waals surface area contributed by atoms with Crippen molar-refractivity contribution in [3.63, 3.8) is 0 Å². The van der Waals surface area contributed by atoms with E-state index in [9.17, 15) is 27.6 Å². The molecule has 13 heteroatoms. The van der Waals surface area contributed by atoms with E-state index in [-0.39, 0.29) is 42.7 Å². The molecule has 1 amide bonds. The van der Waals surface area contributed by atoms with Crippen LogP contribution in [0.15, 0.2) is 30.9 Å². The summed E-state index contributed by atoms with van der Waals surface area (Å²) in [5.41, 5.74) is -0.509. The topological polar surface area (TPSA) is 88.8 Å². The van der Waals surface area contributed by atoms with Gasteiger partial charge in [-0.2, -0.15) is 28.4 Å². The first kappa shape index (κ1) is 30.5. The minimum absolute atomic E-state index is 0.00144. The number of likely N-dealkylation sites (tertiary alicyclic amines) is 1. The molecule has 2 unspecified atom stereocenters. The molecule has 2 aromatic rings. The predicted molar refractivity (Wildman–Crippen MR) is 152 cm³/mol. The molecule has 3 aliphatic heterocycles. The number of nitrogens with zero attached hydrogens (tertiary/aromatic N) is 7. The van der Waals surface area contributed by atoms with E-state index in [1.165, 1.54) is 23.1 Å². The Morgan fingerprint density at radius 3 is 2.70 bits per heavy atom. The summed E-state index contributed by atoms with van der Waals surface area (Å²) in [4.78, 5) is 29.2. The first-order chi connectivity index (χ1) is 20.4. The van der Waals surface area contributed by atoms with Crippen molar-refractivity contribution in [1.29, 1.82) is 5.26 Å². The van der Waals surface area contributed by atoms with Gasteiger partial charge in [0.05, 0.1) is 42.0 Å². The first-order valence-electron chi connectivity index (χ1n) is 14.3. The number of nitriles is 1. The SMILES string of the molecule is C=CC(=O)N1CCN(c2nc(OCC3(C)CCCN3C)nc3c2CCN(c2cccc(F)c2C(F)(F)F)C3)CC1CC#N. The third kappa shape index (κ3) is 6.11. The smallest absolute Gasteiger partial charge is 0.421 e. The van der Waals surface area contributed by atoms with E-state index in [4.69, 9.17) is 9.72 Å². The van der Waals surface area contributed by atoms with E-state index < -0.39 is 23.6 Å². The largest absolute Gasteiger partial charge is 0.461 e. The zero-order chi connectivity index (χ0) is 30.9. The molecule has 0 bridgehead atoms. The molecule has 5 rings (SSSR count). The second kappa shape index (κ2) is 12.0. The zero-order valence-corrected chi connectivity index (χ0v) is 24.3. The van der Waals surface area contributed by atoms with E-state index in [0.29, 0.717) is 44.2 Å². The van der Waals surface area contributed by atoms with Crippen molar-refractivity contribution >= 4 is 17.4 Å². The molecule has 2 fully saturated rings. The Morgan fingerprint density at radius 1 is 1.23 bits per heavy atom. The summed E-state index contributed by atoms with van der Waals surface area (Å²) < 4.78 is 62.3. The Bertz CT molecular complexity index is 1430. The molecule has 2 atom stereocenters. The van der Waals surface area contributed by atoms with Crippen molar-refractivity contribution in [1.82, 2.24) is 19.8 Å². The molecule has 3 aliphatic rings. The number of rotatable bonds is 7. The summed E-state index contributed by atoms with van der Waals surface area (Å²) in [5, 5.41) is 9.45. The number of amides is 1. The van der Waals surface area contributed by atoms with Gasteiger partial charge in [-0.1, -0.05) is 12.6 Å². The molecule has 0 saturated carbocycles. The molecule has 0 N–H and O–H groups in total. The number of aromatic nitrogens is 2. The summed E-state index contributed by atoms with van der Waals surface area (Å²) in [6, 6.07) is 5.22. The molecule has 0 radical (unpaired) electrons. The lowest BCUT2D eigenvalue weighted by molar-refractivity contribution is -0.139. The molecule has 4 heterocycles. The van der Waals surface area contributed by atoms with E-state index in [1.807, 2.05) is 11.9 Å². The van der Waals surface area contributed by atoms with Gasteiger partial charge in [-0.3, -0.25) is 9.69 Å². The van der Waals surface area contributed by atoms with Crippen molar-refractivity contribution in [3.05, 3.63) is 53.5 Å². The van der Waals surface area contributed by atoms with Crippen LogP contribution in [0, 0.1) is 17.1 Å².